The molecule has 0 saturated carbocycles. The van der Waals surface area contributed by atoms with Gasteiger partial charge in [0, 0.05) is 20.9 Å². The fourth-order valence-electron chi connectivity index (χ4n) is 5.68. The van der Waals surface area contributed by atoms with Crippen LogP contribution in [0.4, 0.5) is 17.6 Å². The van der Waals surface area contributed by atoms with Crippen LogP contribution in [0.2, 0.25) is 0 Å². The molecule has 6 rings (SSSR count). The van der Waals surface area contributed by atoms with E-state index in [1.807, 2.05) is 47.8 Å². The molecule has 0 spiro atoms. The van der Waals surface area contributed by atoms with Crippen LogP contribution in [-0.2, 0) is 20.3 Å². The van der Waals surface area contributed by atoms with Crippen LogP contribution in [0, 0.1) is 51.0 Å². The summed E-state index contributed by atoms with van der Waals surface area (Å²) in [5.41, 5.74) is 3.87. The summed E-state index contributed by atoms with van der Waals surface area (Å²) < 4.78 is 64.0. The van der Waals surface area contributed by atoms with Crippen LogP contribution >= 0.6 is 46.1 Å². The molecule has 55 heavy (non-hydrogen) atoms. The molecule has 0 radical (unpaired) electrons. The van der Waals surface area contributed by atoms with Crippen molar-refractivity contribution in [2.45, 2.75) is 75.0 Å². The number of halogens is 5. The molecule has 0 atom stereocenters. The summed E-state index contributed by atoms with van der Waals surface area (Å²) in [6.45, 7) is 12.4. The summed E-state index contributed by atoms with van der Waals surface area (Å²) in [6.07, 6.45) is 7.73. The number of rotatable bonds is 4. The van der Waals surface area contributed by atoms with Gasteiger partial charge in [-0.3, -0.25) is 0 Å². The van der Waals surface area contributed by atoms with Crippen LogP contribution in [0.5, 0.6) is 0 Å². The van der Waals surface area contributed by atoms with Gasteiger partial charge in [0.2, 0.25) is 0 Å². The Hall–Kier alpha value is -3.91. The highest BCUT2D eigenvalue weighted by molar-refractivity contribution is 14.1. The molecular formula is C44H41F4IO4S2. The molecule has 288 valence electrons. The molecule has 0 aliphatic carbocycles. The Morgan fingerprint density at radius 2 is 1.16 bits per heavy atom. The molecule has 0 saturated heterocycles. The number of benzene rings is 4. The van der Waals surface area contributed by atoms with Gasteiger partial charge in [-0.2, -0.15) is 0 Å². The van der Waals surface area contributed by atoms with Crippen LogP contribution in [0.15, 0.2) is 70.5 Å². The predicted octanol–water partition coefficient (Wildman–Crippen LogP) is 11.5. The Kier molecular flexibility index (Phi) is 15.4. The minimum absolute atomic E-state index is 0.0664. The van der Waals surface area contributed by atoms with E-state index in [9.17, 15) is 27.2 Å². The van der Waals surface area contributed by atoms with E-state index >= 15 is 0 Å². The lowest BCUT2D eigenvalue weighted by molar-refractivity contribution is 0.0510. The zero-order valence-electron chi connectivity index (χ0n) is 31.4. The first-order chi connectivity index (χ1) is 26.0. The highest BCUT2D eigenvalue weighted by atomic mass is 127. The lowest BCUT2D eigenvalue weighted by Crippen LogP contribution is -2.22. The molecule has 4 aromatic rings. The highest BCUT2D eigenvalue weighted by Gasteiger charge is 2.29. The highest BCUT2D eigenvalue weighted by Crippen LogP contribution is 2.42. The summed E-state index contributed by atoms with van der Waals surface area (Å²) in [7, 11) is 0. The number of ether oxygens (including phenoxy) is 2. The van der Waals surface area contributed by atoms with Gasteiger partial charge in [-0.15, -0.1) is 29.9 Å². The molecule has 2 heterocycles. The van der Waals surface area contributed by atoms with Gasteiger partial charge in [-0.1, -0.05) is 45.5 Å². The maximum atomic E-state index is 14.3. The van der Waals surface area contributed by atoms with Crippen LogP contribution in [0.3, 0.4) is 0 Å². The minimum atomic E-state index is -1.23. The van der Waals surface area contributed by atoms with E-state index in [4.69, 9.17) is 11.2 Å². The number of fused-ring (bicyclic) bond motifs is 2. The molecule has 0 fully saturated rings. The van der Waals surface area contributed by atoms with Gasteiger partial charge >= 0.3 is 11.9 Å². The van der Waals surface area contributed by atoms with E-state index in [1.165, 1.54) is 57.4 Å². The zero-order chi connectivity index (χ0) is 40.5. The molecular weight excluding hydrogens is 860 g/mol. The standard InChI is InChI=1S/C22H20F2O2S.C13H14S.C9H7F2IO2/c1-4-26-21(25)16-9-8-15(19(23)20(16)24)7-5-14-6-10-18-17(13-14)22(2,3)11-12-27-18;1-4-10-5-6-12-11(9-10)13(2,3)7-8-14-12;1-2-14-9(13)5-3-4-6(12)8(11)7(5)10/h6,8-10,13H,4,11-12H2,1-3H3;1,5-6,9H,7-8H2,2-3H3;3-4H,2H2,1H3. The number of esters is 2. The summed E-state index contributed by atoms with van der Waals surface area (Å²) in [5, 5.41) is 0. The third kappa shape index (κ3) is 10.9. The zero-order valence-corrected chi connectivity index (χ0v) is 35.2. The number of hydrogen-bond donors (Lipinski definition) is 0. The van der Waals surface area contributed by atoms with Gasteiger partial charge in [0.1, 0.15) is 0 Å². The van der Waals surface area contributed by atoms with Crippen molar-refractivity contribution < 1.29 is 36.6 Å². The van der Waals surface area contributed by atoms with Crippen LogP contribution in [-0.4, -0.2) is 36.7 Å². The van der Waals surface area contributed by atoms with Crippen molar-refractivity contribution in [1.29, 1.82) is 0 Å². The average Bonchev–Trinajstić information content (AvgIpc) is 3.15. The van der Waals surface area contributed by atoms with Gasteiger partial charge in [-0.25, -0.2) is 27.2 Å². The molecule has 4 aromatic carbocycles. The second kappa shape index (κ2) is 19.3. The summed E-state index contributed by atoms with van der Waals surface area (Å²) in [6, 6.07) is 17.3. The molecule has 0 amide bonds. The Morgan fingerprint density at radius 3 is 1.67 bits per heavy atom. The first-order valence-electron chi connectivity index (χ1n) is 17.5. The van der Waals surface area contributed by atoms with Crippen LogP contribution in [0.25, 0.3) is 0 Å². The van der Waals surface area contributed by atoms with Crippen LogP contribution in [0.1, 0.15) is 103 Å². The van der Waals surface area contributed by atoms with Crippen molar-refractivity contribution in [3.05, 3.63) is 126 Å². The van der Waals surface area contributed by atoms with E-state index in [1.54, 1.807) is 36.4 Å². The van der Waals surface area contributed by atoms with Crippen molar-refractivity contribution in [1.82, 2.24) is 0 Å². The maximum absolute atomic E-state index is 14.3. The molecule has 0 N–H and O–H groups in total. The lowest BCUT2D eigenvalue weighted by atomic mass is 9.81. The fraction of sp³-hybridized carbons (Fsp3) is 0.318. The Bertz CT molecular complexity index is 2180. The van der Waals surface area contributed by atoms with E-state index in [-0.39, 0.29) is 38.7 Å². The predicted molar refractivity (Wildman–Crippen MR) is 221 cm³/mol. The average molecular weight is 901 g/mol. The fourth-order valence-corrected chi connectivity index (χ4v) is 9.07. The van der Waals surface area contributed by atoms with Gasteiger partial charge in [-0.05, 0) is 143 Å². The van der Waals surface area contributed by atoms with Gasteiger partial charge in [0.25, 0.3) is 0 Å². The van der Waals surface area contributed by atoms with Crippen LogP contribution < -0.4 is 0 Å². The maximum Gasteiger partial charge on any atom is 0.341 e. The van der Waals surface area contributed by atoms with E-state index < -0.39 is 40.8 Å². The SMILES string of the molecule is C#Cc1ccc2c(c1)C(C)(C)CCS2.CCOC(=O)c1ccc(C#Cc2ccc3c(c2)C(C)(C)CCS3)c(F)c1F.CCOC(=O)c1ccc(I)c(F)c1F. The van der Waals surface area contributed by atoms with Gasteiger partial charge in [0.15, 0.2) is 23.3 Å². The largest absolute Gasteiger partial charge is 0.462 e. The van der Waals surface area contributed by atoms with Gasteiger partial charge in [0.05, 0.1) is 33.5 Å². The lowest BCUT2D eigenvalue weighted by Gasteiger charge is -2.32. The van der Waals surface area contributed by atoms with Gasteiger partial charge < -0.3 is 9.47 Å². The van der Waals surface area contributed by atoms with Crippen molar-refractivity contribution in [3.8, 4) is 24.2 Å². The third-order valence-corrected chi connectivity index (χ3v) is 12.0. The molecule has 2 aliphatic rings. The topological polar surface area (TPSA) is 52.6 Å². The normalized spacial score (nSPS) is 14.4. The van der Waals surface area contributed by atoms with Crippen molar-refractivity contribution in [3.63, 3.8) is 0 Å². The summed E-state index contributed by atoms with van der Waals surface area (Å²) in [4.78, 5) is 25.4. The summed E-state index contributed by atoms with van der Waals surface area (Å²) in [5.74, 6) is 4.32. The first-order valence-corrected chi connectivity index (χ1v) is 20.6. The molecule has 0 bridgehead atoms. The molecule has 0 unspecified atom stereocenters. The Labute approximate surface area is 343 Å². The quantitative estimate of drug-likeness (QED) is 0.0669. The molecule has 2 aliphatic heterocycles. The number of terminal acetylenes is 1. The van der Waals surface area contributed by atoms with E-state index in [0.717, 1.165) is 23.3 Å². The second-order valence-corrected chi connectivity index (χ2v) is 17.2. The Balaban J connectivity index is 0.000000202. The monoisotopic (exact) mass is 900 g/mol. The second-order valence-electron chi connectivity index (χ2n) is 13.7. The van der Waals surface area contributed by atoms with E-state index in [2.05, 4.69) is 62.3 Å². The summed E-state index contributed by atoms with van der Waals surface area (Å²) >= 11 is 5.41. The first kappa shape index (κ1) is 43.8. The van der Waals surface area contributed by atoms with Crippen molar-refractivity contribution in [2.75, 3.05) is 24.7 Å². The van der Waals surface area contributed by atoms with Crippen molar-refractivity contribution >= 4 is 58.1 Å². The number of carbonyl (C=O) groups is 2. The molecule has 0 aromatic heterocycles. The number of carbonyl (C=O) groups excluding carboxylic acids is 2. The van der Waals surface area contributed by atoms with Crippen molar-refractivity contribution in [2.24, 2.45) is 0 Å². The number of thioether (sulfide) groups is 2. The smallest absolute Gasteiger partial charge is 0.341 e. The molecule has 11 heteroatoms. The van der Waals surface area contributed by atoms with E-state index in [0.29, 0.717) is 0 Å². The minimum Gasteiger partial charge on any atom is -0.462 e. The number of hydrogen-bond acceptors (Lipinski definition) is 6. The Morgan fingerprint density at radius 1 is 0.691 bits per heavy atom. The molecule has 4 nitrogen and oxygen atoms in total. The third-order valence-electron chi connectivity index (χ3n) is 9.00.